The Morgan fingerprint density at radius 2 is 2.17 bits per heavy atom. The van der Waals surface area contributed by atoms with E-state index >= 15 is 0 Å². The van der Waals surface area contributed by atoms with Crippen molar-refractivity contribution in [2.24, 2.45) is 17.3 Å². The quantitative estimate of drug-likeness (QED) is 0.487. The number of hydrogen-bond acceptors (Lipinski definition) is 3. The molecule has 2 unspecified atom stereocenters. The average Bonchev–Trinajstić information content (AvgIpc) is 2.74. The average molecular weight is 246 g/mol. The minimum absolute atomic E-state index is 0.0678. The zero-order chi connectivity index (χ0) is 13.1. The molecule has 2 aliphatic carbocycles. The third kappa shape index (κ3) is 1.25. The second kappa shape index (κ2) is 3.56. The number of carbonyl (C=O) groups is 2. The van der Waals surface area contributed by atoms with Crippen molar-refractivity contribution in [3.05, 3.63) is 23.8 Å². The van der Waals surface area contributed by atoms with E-state index in [1.165, 1.54) is 0 Å². The Morgan fingerprint density at radius 3 is 2.89 bits per heavy atom. The first-order chi connectivity index (χ1) is 8.46. The van der Waals surface area contributed by atoms with Crippen LogP contribution in [0.1, 0.15) is 33.1 Å². The Kier molecular flexibility index (Phi) is 2.31. The number of hydrogen-bond donors (Lipinski definition) is 0. The SMILES string of the molecule is C=C1CCC2C(OC(=O)[C@H]2C)C2=CCC(=O)[C@]12C. The normalized spacial score (nSPS) is 43.1. The third-order valence-corrected chi connectivity index (χ3v) is 5.08. The fourth-order valence-electron chi connectivity index (χ4n) is 3.62. The highest BCUT2D eigenvalue weighted by atomic mass is 16.6. The lowest BCUT2D eigenvalue weighted by Crippen LogP contribution is -2.32. The van der Waals surface area contributed by atoms with Crippen LogP contribution < -0.4 is 0 Å². The van der Waals surface area contributed by atoms with Gasteiger partial charge in [0.25, 0.3) is 0 Å². The second-order valence-electron chi connectivity index (χ2n) is 5.86. The van der Waals surface area contributed by atoms with Gasteiger partial charge in [-0.1, -0.05) is 25.2 Å². The summed E-state index contributed by atoms with van der Waals surface area (Å²) in [7, 11) is 0. The van der Waals surface area contributed by atoms with E-state index in [-0.39, 0.29) is 29.7 Å². The fourth-order valence-corrected chi connectivity index (χ4v) is 3.62. The Labute approximate surface area is 107 Å². The van der Waals surface area contributed by atoms with Crippen LogP contribution in [0.2, 0.25) is 0 Å². The molecule has 0 amide bonds. The number of carbonyl (C=O) groups excluding carboxylic acids is 2. The van der Waals surface area contributed by atoms with Crippen molar-refractivity contribution in [2.75, 3.05) is 0 Å². The molecular weight excluding hydrogens is 228 g/mol. The maximum Gasteiger partial charge on any atom is 0.309 e. The summed E-state index contributed by atoms with van der Waals surface area (Å²) in [5, 5.41) is 0. The summed E-state index contributed by atoms with van der Waals surface area (Å²) < 4.78 is 5.53. The first-order valence-corrected chi connectivity index (χ1v) is 6.59. The molecule has 3 aliphatic rings. The van der Waals surface area contributed by atoms with Crippen molar-refractivity contribution in [3.63, 3.8) is 0 Å². The van der Waals surface area contributed by atoms with Crippen LogP contribution in [-0.2, 0) is 14.3 Å². The molecule has 1 aliphatic heterocycles. The van der Waals surface area contributed by atoms with Crippen LogP contribution in [0.3, 0.4) is 0 Å². The predicted octanol–water partition coefficient (Wildman–Crippen LogP) is 2.42. The van der Waals surface area contributed by atoms with E-state index in [1.807, 2.05) is 19.9 Å². The molecule has 96 valence electrons. The molecule has 0 aromatic carbocycles. The van der Waals surface area contributed by atoms with Gasteiger partial charge in [-0.25, -0.2) is 0 Å². The van der Waals surface area contributed by atoms with Crippen LogP contribution in [0, 0.1) is 17.3 Å². The van der Waals surface area contributed by atoms with Crippen LogP contribution >= 0.6 is 0 Å². The van der Waals surface area contributed by atoms with Gasteiger partial charge in [-0.05, 0) is 25.3 Å². The summed E-state index contributed by atoms with van der Waals surface area (Å²) in [5.74, 6) is 0.203. The monoisotopic (exact) mass is 246 g/mol. The Morgan fingerprint density at radius 1 is 1.44 bits per heavy atom. The summed E-state index contributed by atoms with van der Waals surface area (Å²) in [4.78, 5) is 23.9. The van der Waals surface area contributed by atoms with Gasteiger partial charge in [0.2, 0.25) is 0 Å². The van der Waals surface area contributed by atoms with Crippen molar-refractivity contribution in [1.29, 1.82) is 0 Å². The van der Waals surface area contributed by atoms with E-state index in [9.17, 15) is 9.59 Å². The lowest BCUT2D eigenvalue weighted by atomic mass is 9.74. The molecule has 3 nitrogen and oxygen atoms in total. The Balaban J connectivity index is 2.08. The molecule has 1 saturated heterocycles. The van der Waals surface area contributed by atoms with Crippen LogP contribution in [0.4, 0.5) is 0 Å². The van der Waals surface area contributed by atoms with Crippen molar-refractivity contribution >= 4 is 11.8 Å². The van der Waals surface area contributed by atoms with Gasteiger partial charge in [0.05, 0.1) is 11.3 Å². The van der Waals surface area contributed by atoms with Crippen molar-refractivity contribution in [3.8, 4) is 0 Å². The highest BCUT2D eigenvalue weighted by Gasteiger charge is 2.54. The van der Waals surface area contributed by atoms with Crippen LogP contribution in [0.5, 0.6) is 0 Å². The standard InChI is InChI=1S/C15H18O3/c1-8-4-5-10-9(2)14(17)18-13(10)11-6-7-12(16)15(8,11)3/h6,9-10,13H,1,4-5,7H2,2-3H3/t9-,10?,13?,15+/m0/s1. The van der Waals surface area contributed by atoms with Gasteiger partial charge in [-0.3, -0.25) is 9.59 Å². The number of Topliss-reactive ketones (excluding diaryl/α,β-unsaturated/α-hetero) is 1. The number of rotatable bonds is 0. The molecule has 0 aromatic heterocycles. The molecular formula is C15H18O3. The van der Waals surface area contributed by atoms with Crippen molar-refractivity contribution in [2.45, 2.75) is 39.2 Å². The van der Waals surface area contributed by atoms with Crippen LogP contribution in [0.15, 0.2) is 23.8 Å². The Bertz CT molecular complexity index is 488. The molecule has 4 atom stereocenters. The molecule has 1 saturated carbocycles. The van der Waals surface area contributed by atoms with E-state index in [2.05, 4.69) is 6.58 Å². The topological polar surface area (TPSA) is 43.4 Å². The van der Waals surface area contributed by atoms with E-state index in [0.29, 0.717) is 6.42 Å². The van der Waals surface area contributed by atoms with E-state index in [1.54, 1.807) is 0 Å². The number of fused-ring (bicyclic) bond motifs is 3. The van der Waals surface area contributed by atoms with Crippen LogP contribution in [0.25, 0.3) is 0 Å². The number of ether oxygens (including phenoxy) is 1. The third-order valence-electron chi connectivity index (χ3n) is 5.08. The molecule has 1 heterocycles. The number of allylic oxidation sites excluding steroid dienone is 2. The molecule has 0 radical (unpaired) electrons. The minimum Gasteiger partial charge on any atom is -0.457 e. The number of ketones is 1. The summed E-state index contributed by atoms with van der Waals surface area (Å²) in [5.41, 5.74) is 1.37. The molecule has 18 heavy (non-hydrogen) atoms. The van der Waals surface area contributed by atoms with E-state index in [4.69, 9.17) is 4.74 Å². The smallest absolute Gasteiger partial charge is 0.309 e. The number of esters is 1. The first kappa shape index (κ1) is 11.7. The van der Waals surface area contributed by atoms with Gasteiger partial charge in [0.15, 0.2) is 5.78 Å². The molecule has 0 N–H and O–H groups in total. The minimum atomic E-state index is -0.593. The van der Waals surface area contributed by atoms with Gasteiger partial charge >= 0.3 is 5.97 Å². The molecule has 0 aromatic rings. The van der Waals surface area contributed by atoms with E-state index in [0.717, 1.165) is 24.0 Å². The highest BCUT2D eigenvalue weighted by molar-refractivity contribution is 5.95. The van der Waals surface area contributed by atoms with Crippen molar-refractivity contribution in [1.82, 2.24) is 0 Å². The van der Waals surface area contributed by atoms with E-state index < -0.39 is 5.41 Å². The summed E-state index contributed by atoms with van der Waals surface area (Å²) in [6.07, 6.45) is 3.89. The van der Waals surface area contributed by atoms with Crippen molar-refractivity contribution < 1.29 is 14.3 Å². The maximum absolute atomic E-state index is 12.2. The van der Waals surface area contributed by atoms with Gasteiger partial charge in [0.1, 0.15) is 6.10 Å². The zero-order valence-corrected chi connectivity index (χ0v) is 10.9. The van der Waals surface area contributed by atoms with Gasteiger partial charge in [-0.15, -0.1) is 0 Å². The predicted molar refractivity (Wildman–Crippen MR) is 66.7 cm³/mol. The summed E-state index contributed by atoms with van der Waals surface area (Å²) in [6.45, 7) is 7.97. The maximum atomic E-state index is 12.2. The second-order valence-corrected chi connectivity index (χ2v) is 5.86. The molecule has 2 fully saturated rings. The first-order valence-electron chi connectivity index (χ1n) is 6.59. The summed E-state index contributed by atoms with van der Waals surface area (Å²) >= 11 is 0. The fraction of sp³-hybridized carbons (Fsp3) is 0.600. The molecule has 3 rings (SSSR count). The Hall–Kier alpha value is -1.38. The van der Waals surface area contributed by atoms with Gasteiger partial charge in [0, 0.05) is 12.3 Å². The zero-order valence-electron chi connectivity index (χ0n) is 10.9. The van der Waals surface area contributed by atoms with Crippen LogP contribution in [-0.4, -0.2) is 17.9 Å². The largest absolute Gasteiger partial charge is 0.457 e. The molecule has 3 heteroatoms. The molecule has 0 bridgehead atoms. The lowest BCUT2D eigenvalue weighted by molar-refractivity contribution is -0.143. The lowest BCUT2D eigenvalue weighted by Gasteiger charge is -2.29. The van der Waals surface area contributed by atoms with Gasteiger partial charge in [-0.2, -0.15) is 0 Å². The highest BCUT2D eigenvalue weighted by Crippen LogP contribution is 2.53. The van der Waals surface area contributed by atoms with Gasteiger partial charge < -0.3 is 4.74 Å². The summed E-state index contributed by atoms with van der Waals surface area (Å²) in [6, 6.07) is 0. The molecule has 0 spiro atoms.